The third kappa shape index (κ3) is 1.95. The van der Waals surface area contributed by atoms with Gasteiger partial charge in [0.1, 0.15) is 0 Å². The first kappa shape index (κ1) is 9.25. The van der Waals surface area contributed by atoms with Gasteiger partial charge < -0.3 is 5.32 Å². The Bertz CT molecular complexity index is 366. The van der Waals surface area contributed by atoms with Crippen molar-refractivity contribution in [3.63, 3.8) is 0 Å². The molecule has 2 rings (SSSR count). The Hall–Kier alpha value is -1.31. The quantitative estimate of drug-likeness (QED) is 0.759. The number of rotatable bonds is 2. The highest BCUT2D eigenvalue weighted by atomic mass is 16.1. The third-order valence-electron chi connectivity index (χ3n) is 2.70. The maximum absolute atomic E-state index is 11.7. The Balaban J connectivity index is 2.11. The molecule has 0 atom stereocenters. The molecule has 0 heterocycles. The summed E-state index contributed by atoms with van der Waals surface area (Å²) in [6.45, 7) is 4.08. The molecule has 0 aliphatic heterocycles. The molecule has 1 N–H and O–H groups in total. The number of hydrogen-bond donors (Lipinski definition) is 1. The molecule has 2 nitrogen and oxygen atoms in total. The van der Waals surface area contributed by atoms with E-state index in [-0.39, 0.29) is 11.4 Å². The molecule has 74 valence electrons. The summed E-state index contributed by atoms with van der Waals surface area (Å²) < 4.78 is 0. The fraction of sp³-hybridized carbons (Fsp3) is 0.417. The van der Waals surface area contributed by atoms with Gasteiger partial charge in [-0.15, -0.1) is 0 Å². The molecule has 1 aromatic rings. The Morgan fingerprint density at radius 2 is 2.14 bits per heavy atom. The van der Waals surface area contributed by atoms with Crippen molar-refractivity contribution in [2.24, 2.45) is 0 Å². The van der Waals surface area contributed by atoms with Crippen molar-refractivity contribution in [2.45, 2.75) is 32.2 Å². The summed E-state index contributed by atoms with van der Waals surface area (Å²) >= 11 is 0. The van der Waals surface area contributed by atoms with E-state index in [0.717, 1.165) is 24.0 Å². The fourth-order valence-electron chi connectivity index (χ4n) is 1.45. The lowest BCUT2D eigenvalue weighted by Crippen LogP contribution is -2.34. The number of nitrogens with one attached hydrogen (secondary N) is 1. The largest absolute Gasteiger partial charge is 0.347 e. The van der Waals surface area contributed by atoms with Crippen LogP contribution in [0.4, 0.5) is 0 Å². The van der Waals surface area contributed by atoms with Crippen LogP contribution in [0.3, 0.4) is 0 Å². The summed E-state index contributed by atoms with van der Waals surface area (Å²) in [4.78, 5) is 11.7. The zero-order valence-electron chi connectivity index (χ0n) is 8.63. The molecule has 0 radical (unpaired) electrons. The average molecular weight is 189 g/mol. The van der Waals surface area contributed by atoms with E-state index in [4.69, 9.17) is 0 Å². The van der Waals surface area contributed by atoms with Gasteiger partial charge in [-0.3, -0.25) is 4.79 Å². The van der Waals surface area contributed by atoms with Crippen LogP contribution < -0.4 is 5.32 Å². The number of carbonyl (C=O) groups excluding carboxylic acids is 1. The van der Waals surface area contributed by atoms with Gasteiger partial charge in [0.15, 0.2) is 0 Å². The molecule has 1 fully saturated rings. The summed E-state index contributed by atoms with van der Waals surface area (Å²) in [6.07, 6.45) is 2.20. The van der Waals surface area contributed by atoms with Crippen LogP contribution in [0.25, 0.3) is 0 Å². The summed E-state index contributed by atoms with van der Waals surface area (Å²) in [5, 5.41) is 3.03. The standard InChI is InChI=1S/C12H15NO/c1-9-4-3-5-10(8-9)11(14)13-12(2)6-7-12/h3-5,8H,6-7H2,1-2H3,(H,13,14). The van der Waals surface area contributed by atoms with Crippen molar-refractivity contribution in [1.82, 2.24) is 5.32 Å². The number of carbonyl (C=O) groups is 1. The molecule has 1 aromatic carbocycles. The number of amides is 1. The average Bonchev–Trinajstić information content (AvgIpc) is 2.83. The summed E-state index contributed by atoms with van der Waals surface area (Å²) in [5.41, 5.74) is 1.96. The number of aryl methyl sites for hydroxylation is 1. The SMILES string of the molecule is Cc1cccc(C(=O)NC2(C)CC2)c1. The normalized spacial score (nSPS) is 17.6. The van der Waals surface area contributed by atoms with Crippen molar-refractivity contribution in [2.75, 3.05) is 0 Å². The highest BCUT2D eigenvalue weighted by Gasteiger charge is 2.38. The first-order valence-corrected chi connectivity index (χ1v) is 4.98. The minimum Gasteiger partial charge on any atom is -0.347 e. The van der Waals surface area contributed by atoms with Crippen LogP contribution >= 0.6 is 0 Å². The van der Waals surface area contributed by atoms with E-state index in [2.05, 4.69) is 12.2 Å². The van der Waals surface area contributed by atoms with E-state index in [1.54, 1.807) is 0 Å². The second kappa shape index (κ2) is 3.12. The molecule has 14 heavy (non-hydrogen) atoms. The Labute approximate surface area is 84.3 Å². The first-order valence-electron chi connectivity index (χ1n) is 4.98. The van der Waals surface area contributed by atoms with Gasteiger partial charge >= 0.3 is 0 Å². The summed E-state index contributed by atoms with van der Waals surface area (Å²) in [6, 6.07) is 7.68. The molecule has 0 saturated heterocycles. The van der Waals surface area contributed by atoms with Crippen molar-refractivity contribution in [3.8, 4) is 0 Å². The van der Waals surface area contributed by atoms with Crippen LogP contribution in [0.2, 0.25) is 0 Å². The minimum absolute atomic E-state index is 0.0497. The molecule has 2 heteroatoms. The molecule has 1 amide bonds. The van der Waals surface area contributed by atoms with Crippen LogP contribution in [-0.2, 0) is 0 Å². The van der Waals surface area contributed by atoms with Crippen molar-refractivity contribution in [1.29, 1.82) is 0 Å². The van der Waals surface area contributed by atoms with E-state index in [1.807, 2.05) is 31.2 Å². The lowest BCUT2D eigenvalue weighted by Gasteiger charge is -2.11. The molecular weight excluding hydrogens is 174 g/mol. The fourth-order valence-corrected chi connectivity index (χ4v) is 1.45. The predicted octanol–water partition coefficient (Wildman–Crippen LogP) is 2.28. The molecule has 0 aromatic heterocycles. The second-order valence-electron chi connectivity index (χ2n) is 4.38. The maximum Gasteiger partial charge on any atom is 0.251 e. The lowest BCUT2D eigenvalue weighted by atomic mass is 10.1. The first-order chi connectivity index (χ1) is 6.59. The van der Waals surface area contributed by atoms with Gasteiger partial charge in [-0.1, -0.05) is 17.7 Å². The van der Waals surface area contributed by atoms with Gasteiger partial charge in [0.25, 0.3) is 5.91 Å². The van der Waals surface area contributed by atoms with E-state index in [9.17, 15) is 4.79 Å². The smallest absolute Gasteiger partial charge is 0.251 e. The van der Waals surface area contributed by atoms with Gasteiger partial charge in [0, 0.05) is 11.1 Å². The van der Waals surface area contributed by atoms with Crippen molar-refractivity contribution >= 4 is 5.91 Å². The minimum atomic E-state index is 0.0497. The van der Waals surface area contributed by atoms with Gasteiger partial charge in [-0.25, -0.2) is 0 Å². The van der Waals surface area contributed by atoms with Gasteiger partial charge in [-0.2, -0.15) is 0 Å². The molecular formula is C12H15NO. The molecule has 1 aliphatic rings. The highest BCUT2D eigenvalue weighted by Crippen LogP contribution is 2.34. The molecule has 1 aliphatic carbocycles. The van der Waals surface area contributed by atoms with E-state index in [1.165, 1.54) is 0 Å². The van der Waals surface area contributed by atoms with Crippen LogP contribution in [0.15, 0.2) is 24.3 Å². The monoisotopic (exact) mass is 189 g/mol. The lowest BCUT2D eigenvalue weighted by molar-refractivity contribution is 0.0935. The summed E-state index contributed by atoms with van der Waals surface area (Å²) in [7, 11) is 0. The van der Waals surface area contributed by atoms with Gasteiger partial charge in [-0.05, 0) is 38.8 Å². The Morgan fingerprint density at radius 3 is 2.71 bits per heavy atom. The van der Waals surface area contributed by atoms with E-state index in [0.29, 0.717) is 0 Å². The molecule has 1 saturated carbocycles. The van der Waals surface area contributed by atoms with Gasteiger partial charge in [0.05, 0.1) is 0 Å². The zero-order valence-corrected chi connectivity index (χ0v) is 8.63. The third-order valence-corrected chi connectivity index (χ3v) is 2.70. The highest BCUT2D eigenvalue weighted by molar-refractivity contribution is 5.95. The molecule has 0 unspecified atom stereocenters. The number of hydrogen-bond acceptors (Lipinski definition) is 1. The Morgan fingerprint density at radius 1 is 1.43 bits per heavy atom. The van der Waals surface area contributed by atoms with Crippen LogP contribution in [0.5, 0.6) is 0 Å². The summed E-state index contributed by atoms with van der Waals surface area (Å²) in [5.74, 6) is 0.0497. The maximum atomic E-state index is 11.7. The van der Waals surface area contributed by atoms with Crippen LogP contribution in [-0.4, -0.2) is 11.4 Å². The Kier molecular flexibility index (Phi) is 2.06. The van der Waals surface area contributed by atoms with Gasteiger partial charge in [0.2, 0.25) is 0 Å². The predicted molar refractivity (Wildman–Crippen MR) is 56.3 cm³/mol. The van der Waals surface area contributed by atoms with Crippen LogP contribution in [0.1, 0.15) is 35.7 Å². The topological polar surface area (TPSA) is 29.1 Å². The van der Waals surface area contributed by atoms with E-state index < -0.39 is 0 Å². The molecule has 0 bridgehead atoms. The van der Waals surface area contributed by atoms with Crippen molar-refractivity contribution in [3.05, 3.63) is 35.4 Å². The second-order valence-corrected chi connectivity index (χ2v) is 4.38. The van der Waals surface area contributed by atoms with Crippen molar-refractivity contribution < 1.29 is 4.79 Å². The number of benzene rings is 1. The van der Waals surface area contributed by atoms with E-state index >= 15 is 0 Å². The zero-order chi connectivity index (χ0) is 10.2. The molecule has 0 spiro atoms. The van der Waals surface area contributed by atoms with Crippen LogP contribution in [0, 0.1) is 6.92 Å².